The SMILES string of the molecule is Cc1c(C(=O)NN(c2ccccc2)c2ccccc2)oc2c1/C(=N/NC(=O)Cc1ccc([N+](=O)[O-])cc1)CCC2. The molecule has 2 N–H and O–H groups in total. The number of amides is 2. The Morgan fingerprint density at radius 2 is 1.57 bits per heavy atom. The molecule has 40 heavy (non-hydrogen) atoms. The van der Waals surface area contributed by atoms with Crippen molar-refractivity contribution < 1.29 is 18.9 Å². The third-order valence-electron chi connectivity index (χ3n) is 6.60. The van der Waals surface area contributed by atoms with E-state index >= 15 is 0 Å². The second kappa shape index (κ2) is 11.6. The monoisotopic (exact) mass is 537 g/mol. The van der Waals surface area contributed by atoms with Crippen LogP contribution in [0.3, 0.4) is 0 Å². The van der Waals surface area contributed by atoms with Crippen LogP contribution in [0.2, 0.25) is 0 Å². The van der Waals surface area contributed by atoms with Crippen molar-refractivity contribution in [2.75, 3.05) is 5.01 Å². The second-order valence-electron chi connectivity index (χ2n) is 9.35. The number of nitro benzene ring substituents is 1. The van der Waals surface area contributed by atoms with E-state index in [4.69, 9.17) is 4.42 Å². The Kier molecular flexibility index (Phi) is 7.68. The van der Waals surface area contributed by atoms with Gasteiger partial charge in [-0.3, -0.25) is 30.1 Å². The molecule has 0 spiro atoms. The first-order valence-corrected chi connectivity index (χ1v) is 12.8. The molecule has 0 unspecified atom stereocenters. The number of carbonyl (C=O) groups is 2. The Balaban J connectivity index is 1.34. The summed E-state index contributed by atoms with van der Waals surface area (Å²) in [5.41, 5.74) is 9.74. The maximum absolute atomic E-state index is 13.5. The number of hydrazone groups is 1. The van der Waals surface area contributed by atoms with Crippen molar-refractivity contribution in [1.29, 1.82) is 0 Å². The van der Waals surface area contributed by atoms with Gasteiger partial charge in [0.2, 0.25) is 5.91 Å². The molecule has 3 aromatic carbocycles. The van der Waals surface area contributed by atoms with Crippen LogP contribution in [0.1, 0.15) is 45.8 Å². The molecular formula is C30H27N5O5. The number of anilines is 2. The van der Waals surface area contributed by atoms with Gasteiger partial charge in [0.15, 0.2) is 5.76 Å². The van der Waals surface area contributed by atoms with Gasteiger partial charge >= 0.3 is 5.91 Å². The number of carbonyl (C=O) groups excluding carboxylic acids is 2. The lowest BCUT2D eigenvalue weighted by atomic mass is 9.93. The molecule has 0 atom stereocenters. The average Bonchev–Trinajstić information content (AvgIpc) is 3.33. The van der Waals surface area contributed by atoms with Crippen molar-refractivity contribution in [3.63, 3.8) is 0 Å². The molecule has 1 aliphatic rings. The maximum atomic E-state index is 13.5. The van der Waals surface area contributed by atoms with E-state index in [1.807, 2.05) is 67.6 Å². The molecule has 10 nitrogen and oxygen atoms in total. The highest BCUT2D eigenvalue weighted by molar-refractivity contribution is 6.07. The van der Waals surface area contributed by atoms with Crippen LogP contribution in [0.25, 0.3) is 0 Å². The number of para-hydroxylation sites is 2. The van der Waals surface area contributed by atoms with Crippen molar-refractivity contribution in [3.05, 3.63) is 123 Å². The van der Waals surface area contributed by atoms with Crippen LogP contribution in [-0.2, 0) is 17.6 Å². The average molecular weight is 538 g/mol. The Labute approximate surface area is 230 Å². The number of aryl methyl sites for hydroxylation is 1. The van der Waals surface area contributed by atoms with Gasteiger partial charge in [0.25, 0.3) is 5.69 Å². The van der Waals surface area contributed by atoms with Crippen LogP contribution in [0.4, 0.5) is 17.1 Å². The first-order chi connectivity index (χ1) is 19.4. The number of hydrogen-bond donors (Lipinski definition) is 2. The number of nitrogens with zero attached hydrogens (tertiary/aromatic N) is 3. The highest BCUT2D eigenvalue weighted by atomic mass is 16.6. The Morgan fingerprint density at radius 3 is 2.17 bits per heavy atom. The predicted octanol–water partition coefficient (Wildman–Crippen LogP) is 5.38. The topological polar surface area (TPSA) is 130 Å². The maximum Gasteiger partial charge on any atom is 0.306 e. The summed E-state index contributed by atoms with van der Waals surface area (Å²) in [6, 6.07) is 24.8. The van der Waals surface area contributed by atoms with Crippen molar-refractivity contribution in [2.45, 2.75) is 32.6 Å². The molecule has 0 aliphatic heterocycles. The van der Waals surface area contributed by atoms with Crippen molar-refractivity contribution in [3.8, 4) is 0 Å². The Bertz CT molecular complexity index is 1520. The minimum Gasteiger partial charge on any atom is -0.455 e. The molecule has 2 amide bonds. The summed E-state index contributed by atoms with van der Waals surface area (Å²) in [5.74, 6) is 0.0898. The molecule has 0 bridgehead atoms. The van der Waals surface area contributed by atoms with Gasteiger partial charge in [0.05, 0.1) is 28.4 Å². The minimum absolute atomic E-state index is 0.0223. The van der Waals surface area contributed by atoms with Gasteiger partial charge in [-0.2, -0.15) is 5.10 Å². The lowest BCUT2D eigenvalue weighted by molar-refractivity contribution is -0.384. The van der Waals surface area contributed by atoms with E-state index in [0.717, 1.165) is 23.4 Å². The molecule has 0 radical (unpaired) electrons. The molecule has 5 rings (SSSR count). The molecule has 10 heteroatoms. The van der Waals surface area contributed by atoms with Crippen LogP contribution in [0.5, 0.6) is 0 Å². The third-order valence-corrected chi connectivity index (χ3v) is 6.60. The van der Waals surface area contributed by atoms with Crippen LogP contribution < -0.4 is 15.9 Å². The Hall–Kier alpha value is -5.25. The van der Waals surface area contributed by atoms with Gasteiger partial charge in [0, 0.05) is 29.7 Å². The van der Waals surface area contributed by atoms with E-state index in [1.165, 1.54) is 12.1 Å². The fraction of sp³-hybridized carbons (Fsp3) is 0.167. The summed E-state index contributed by atoms with van der Waals surface area (Å²) in [6.45, 7) is 1.81. The number of benzene rings is 3. The lowest BCUT2D eigenvalue weighted by Gasteiger charge is -2.25. The number of furan rings is 1. The van der Waals surface area contributed by atoms with Crippen molar-refractivity contribution in [2.24, 2.45) is 5.10 Å². The molecule has 1 aliphatic carbocycles. The summed E-state index contributed by atoms with van der Waals surface area (Å²) in [6.07, 6.45) is 2.05. The summed E-state index contributed by atoms with van der Waals surface area (Å²) in [5, 5.41) is 16.9. The zero-order chi connectivity index (χ0) is 28.1. The van der Waals surface area contributed by atoms with E-state index in [9.17, 15) is 19.7 Å². The first kappa shape index (κ1) is 26.4. The summed E-state index contributed by atoms with van der Waals surface area (Å²) < 4.78 is 6.05. The van der Waals surface area contributed by atoms with E-state index in [2.05, 4.69) is 16.0 Å². The van der Waals surface area contributed by atoms with Gasteiger partial charge in [-0.05, 0) is 49.6 Å². The van der Waals surface area contributed by atoms with Crippen molar-refractivity contribution >= 4 is 34.6 Å². The quantitative estimate of drug-likeness (QED) is 0.229. The minimum atomic E-state index is -0.487. The van der Waals surface area contributed by atoms with Gasteiger partial charge in [0.1, 0.15) is 5.76 Å². The zero-order valence-electron chi connectivity index (χ0n) is 21.8. The predicted molar refractivity (Wildman–Crippen MR) is 150 cm³/mol. The standard InChI is InChI=1S/C30H27N5O5/c1-20-28-25(31-32-27(36)19-21-15-17-24(18-16-21)35(38)39)13-8-14-26(28)40-29(20)30(37)33-34(22-9-4-2-5-10-22)23-11-6-3-7-12-23/h2-7,9-12,15-18H,8,13-14,19H2,1H3,(H,32,36)(H,33,37)/b31-25+. The normalized spacial score (nSPS) is 13.4. The largest absolute Gasteiger partial charge is 0.455 e. The van der Waals surface area contributed by atoms with Gasteiger partial charge < -0.3 is 4.42 Å². The summed E-state index contributed by atoms with van der Waals surface area (Å²) in [4.78, 5) is 36.4. The number of hydrazine groups is 1. The molecule has 202 valence electrons. The molecule has 0 fully saturated rings. The molecule has 1 heterocycles. The smallest absolute Gasteiger partial charge is 0.306 e. The molecule has 0 saturated heterocycles. The van der Waals surface area contributed by atoms with Crippen LogP contribution >= 0.6 is 0 Å². The zero-order valence-corrected chi connectivity index (χ0v) is 21.8. The number of fused-ring (bicyclic) bond motifs is 1. The fourth-order valence-electron chi connectivity index (χ4n) is 4.67. The molecule has 0 saturated carbocycles. The highest BCUT2D eigenvalue weighted by Crippen LogP contribution is 2.31. The van der Waals surface area contributed by atoms with E-state index in [1.54, 1.807) is 17.1 Å². The fourth-order valence-corrected chi connectivity index (χ4v) is 4.67. The molecule has 1 aromatic heterocycles. The lowest BCUT2D eigenvalue weighted by Crippen LogP contribution is -2.39. The number of rotatable bonds is 8. The second-order valence-corrected chi connectivity index (χ2v) is 9.35. The number of non-ortho nitro benzene ring substituents is 1. The summed E-state index contributed by atoms with van der Waals surface area (Å²) >= 11 is 0. The van der Waals surface area contributed by atoms with Gasteiger partial charge in [-0.15, -0.1) is 0 Å². The third kappa shape index (κ3) is 5.75. The number of hydrogen-bond acceptors (Lipinski definition) is 7. The van der Waals surface area contributed by atoms with E-state index in [-0.39, 0.29) is 23.8 Å². The number of nitro groups is 1. The summed E-state index contributed by atoms with van der Waals surface area (Å²) in [7, 11) is 0. The molecule has 4 aromatic rings. The van der Waals surface area contributed by atoms with Crippen LogP contribution in [0, 0.1) is 17.0 Å². The van der Waals surface area contributed by atoms with Crippen molar-refractivity contribution in [1.82, 2.24) is 10.9 Å². The van der Waals surface area contributed by atoms with Gasteiger partial charge in [-0.25, -0.2) is 5.43 Å². The van der Waals surface area contributed by atoms with E-state index < -0.39 is 10.8 Å². The van der Waals surface area contributed by atoms with Gasteiger partial charge in [-0.1, -0.05) is 48.5 Å². The van der Waals surface area contributed by atoms with E-state index in [0.29, 0.717) is 35.4 Å². The van der Waals surface area contributed by atoms with Crippen LogP contribution in [-0.4, -0.2) is 22.4 Å². The first-order valence-electron chi connectivity index (χ1n) is 12.8. The molecular weight excluding hydrogens is 510 g/mol. The number of nitrogens with one attached hydrogen (secondary N) is 2. The highest BCUT2D eigenvalue weighted by Gasteiger charge is 2.29. The van der Waals surface area contributed by atoms with Crippen LogP contribution in [0.15, 0.2) is 94.4 Å². The Morgan fingerprint density at radius 1 is 0.950 bits per heavy atom.